The molecule has 6 heteroatoms. The van der Waals surface area contributed by atoms with Crippen LogP contribution in [-0.4, -0.2) is 19.6 Å². The molecule has 3 rings (SSSR count). The summed E-state index contributed by atoms with van der Waals surface area (Å²) in [6.45, 7) is -0.0172. The minimum atomic E-state index is -0.550. The van der Waals surface area contributed by atoms with E-state index in [1.807, 2.05) is 24.3 Å². The summed E-state index contributed by atoms with van der Waals surface area (Å²) in [5.74, 6) is 0.487. The summed E-state index contributed by atoms with van der Waals surface area (Å²) >= 11 is 5.74. The number of anilines is 1. The van der Waals surface area contributed by atoms with Gasteiger partial charge in [0.2, 0.25) is 5.91 Å². The SMILES string of the molecule is COc1ccc(C(NC(=O)CNc2cccc(Cl)c2F)C2CC2)cc1. The van der Waals surface area contributed by atoms with Crippen molar-refractivity contribution in [1.82, 2.24) is 5.32 Å². The van der Waals surface area contributed by atoms with Crippen LogP contribution in [0.15, 0.2) is 42.5 Å². The molecule has 1 fully saturated rings. The largest absolute Gasteiger partial charge is 0.497 e. The van der Waals surface area contributed by atoms with Gasteiger partial charge in [-0.1, -0.05) is 29.8 Å². The highest BCUT2D eigenvalue weighted by Gasteiger charge is 2.33. The highest BCUT2D eigenvalue weighted by molar-refractivity contribution is 6.31. The van der Waals surface area contributed by atoms with E-state index in [1.165, 1.54) is 6.07 Å². The van der Waals surface area contributed by atoms with E-state index in [-0.39, 0.29) is 29.2 Å². The van der Waals surface area contributed by atoms with Crippen LogP contribution in [0.1, 0.15) is 24.4 Å². The van der Waals surface area contributed by atoms with Gasteiger partial charge in [0, 0.05) is 0 Å². The normalized spacial score (nSPS) is 14.7. The van der Waals surface area contributed by atoms with Gasteiger partial charge in [0.15, 0.2) is 5.82 Å². The first kappa shape index (κ1) is 17.5. The molecule has 25 heavy (non-hydrogen) atoms. The lowest BCUT2D eigenvalue weighted by atomic mass is 10.0. The van der Waals surface area contributed by atoms with E-state index >= 15 is 0 Å². The van der Waals surface area contributed by atoms with Gasteiger partial charge in [-0.2, -0.15) is 0 Å². The second-order valence-electron chi connectivity index (χ2n) is 6.11. The summed E-state index contributed by atoms with van der Waals surface area (Å²) in [5.41, 5.74) is 1.26. The van der Waals surface area contributed by atoms with Crippen molar-refractivity contribution in [2.24, 2.45) is 5.92 Å². The van der Waals surface area contributed by atoms with Crippen LogP contribution in [0, 0.1) is 11.7 Å². The fraction of sp³-hybridized carbons (Fsp3) is 0.316. The third kappa shape index (κ3) is 4.42. The predicted molar refractivity (Wildman–Crippen MR) is 96.5 cm³/mol. The van der Waals surface area contributed by atoms with E-state index in [2.05, 4.69) is 10.6 Å². The molecule has 1 amide bonds. The Hall–Kier alpha value is -2.27. The molecule has 4 nitrogen and oxygen atoms in total. The Kier molecular flexibility index (Phi) is 5.43. The third-order valence-electron chi connectivity index (χ3n) is 4.28. The van der Waals surface area contributed by atoms with Gasteiger partial charge in [-0.3, -0.25) is 4.79 Å². The molecule has 2 N–H and O–H groups in total. The number of amides is 1. The minimum Gasteiger partial charge on any atom is -0.497 e. The Labute approximate surface area is 151 Å². The number of halogens is 2. The number of carbonyl (C=O) groups excluding carboxylic acids is 1. The molecule has 1 atom stereocenters. The Morgan fingerprint density at radius 3 is 2.64 bits per heavy atom. The molecule has 0 heterocycles. The minimum absolute atomic E-state index is 0.0172. The van der Waals surface area contributed by atoms with Gasteiger partial charge in [0.05, 0.1) is 30.4 Å². The van der Waals surface area contributed by atoms with Gasteiger partial charge in [0.1, 0.15) is 5.75 Å². The average molecular weight is 363 g/mol. The Bertz CT molecular complexity index is 748. The Morgan fingerprint density at radius 2 is 2.00 bits per heavy atom. The first-order valence-corrected chi connectivity index (χ1v) is 8.57. The second kappa shape index (κ2) is 7.74. The third-order valence-corrected chi connectivity index (χ3v) is 4.57. The molecule has 0 saturated heterocycles. The molecule has 0 bridgehead atoms. The highest BCUT2D eigenvalue weighted by Crippen LogP contribution is 2.41. The maximum Gasteiger partial charge on any atom is 0.239 e. The van der Waals surface area contributed by atoms with Gasteiger partial charge >= 0.3 is 0 Å². The summed E-state index contributed by atoms with van der Waals surface area (Å²) < 4.78 is 19.0. The van der Waals surface area contributed by atoms with E-state index in [4.69, 9.17) is 16.3 Å². The Morgan fingerprint density at radius 1 is 1.28 bits per heavy atom. The van der Waals surface area contributed by atoms with E-state index in [9.17, 15) is 9.18 Å². The molecule has 2 aromatic rings. The van der Waals surface area contributed by atoms with Crippen LogP contribution in [0.25, 0.3) is 0 Å². The van der Waals surface area contributed by atoms with Crippen molar-refractivity contribution in [3.63, 3.8) is 0 Å². The summed E-state index contributed by atoms with van der Waals surface area (Å²) in [5, 5.41) is 5.86. The first-order valence-electron chi connectivity index (χ1n) is 8.19. The molecule has 0 radical (unpaired) electrons. The van der Waals surface area contributed by atoms with Crippen LogP contribution in [0.4, 0.5) is 10.1 Å². The molecule has 1 saturated carbocycles. The van der Waals surface area contributed by atoms with Crippen molar-refractivity contribution < 1.29 is 13.9 Å². The zero-order chi connectivity index (χ0) is 17.8. The molecule has 0 aliphatic heterocycles. The quantitative estimate of drug-likeness (QED) is 0.777. The van der Waals surface area contributed by atoms with E-state index in [0.29, 0.717) is 5.92 Å². The van der Waals surface area contributed by atoms with Crippen LogP contribution < -0.4 is 15.4 Å². The molecule has 1 aliphatic carbocycles. The van der Waals surface area contributed by atoms with Crippen LogP contribution in [0.3, 0.4) is 0 Å². The maximum atomic E-state index is 13.9. The summed E-state index contributed by atoms with van der Waals surface area (Å²) in [6.07, 6.45) is 2.18. The monoisotopic (exact) mass is 362 g/mol. The second-order valence-corrected chi connectivity index (χ2v) is 6.52. The van der Waals surface area contributed by atoms with Gasteiger partial charge in [0.25, 0.3) is 0 Å². The van der Waals surface area contributed by atoms with Gasteiger partial charge in [-0.25, -0.2) is 4.39 Å². The van der Waals surface area contributed by atoms with Crippen molar-refractivity contribution in [3.05, 3.63) is 58.9 Å². The van der Waals surface area contributed by atoms with Crippen LogP contribution in [0.5, 0.6) is 5.75 Å². The zero-order valence-electron chi connectivity index (χ0n) is 13.9. The summed E-state index contributed by atoms with van der Waals surface area (Å²) in [7, 11) is 1.62. The zero-order valence-corrected chi connectivity index (χ0v) is 14.6. The van der Waals surface area contributed by atoms with E-state index in [1.54, 1.807) is 19.2 Å². The topological polar surface area (TPSA) is 50.4 Å². The average Bonchev–Trinajstić information content (AvgIpc) is 3.46. The van der Waals surface area contributed by atoms with Crippen LogP contribution in [-0.2, 0) is 4.79 Å². The number of carbonyl (C=O) groups is 1. The standard InChI is InChI=1S/C19H20ClFN2O2/c1-25-14-9-7-13(8-10-14)19(12-5-6-12)23-17(24)11-22-16-4-2-3-15(20)18(16)21/h2-4,7-10,12,19,22H,5-6,11H2,1H3,(H,23,24). The maximum absolute atomic E-state index is 13.9. The first-order chi connectivity index (χ1) is 12.1. The van der Waals surface area contributed by atoms with Crippen LogP contribution >= 0.6 is 11.6 Å². The summed E-state index contributed by atoms with van der Waals surface area (Å²) in [4.78, 5) is 12.3. The molecule has 1 aliphatic rings. The molecule has 0 spiro atoms. The van der Waals surface area contributed by atoms with Crippen molar-refractivity contribution in [2.75, 3.05) is 19.0 Å². The number of ether oxygens (including phenoxy) is 1. The number of methoxy groups -OCH3 is 1. The fourth-order valence-corrected chi connectivity index (χ4v) is 2.93. The highest BCUT2D eigenvalue weighted by atomic mass is 35.5. The van der Waals surface area contributed by atoms with Crippen molar-refractivity contribution >= 4 is 23.2 Å². The van der Waals surface area contributed by atoms with Crippen LogP contribution in [0.2, 0.25) is 5.02 Å². The number of hydrogen-bond acceptors (Lipinski definition) is 3. The molecule has 132 valence electrons. The molecule has 2 aromatic carbocycles. The molecular formula is C19H20ClFN2O2. The smallest absolute Gasteiger partial charge is 0.239 e. The number of benzene rings is 2. The van der Waals surface area contributed by atoms with Crippen molar-refractivity contribution in [1.29, 1.82) is 0 Å². The predicted octanol–water partition coefficient (Wildman–Crippen LogP) is 4.17. The number of rotatable bonds is 7. The lowest BCUT2D eigenvalue weighted by molar-refractivity contribution is -0.120. The number of nitrogens with one attached hydrogen (secondary N) is 2. The molecular weight excluding hydrogens is 343 g/mol. The summed E-state index contributed by atoms with van der Waals surface area (Å²) in [6, 6.07) is 12.3. The van der Waals surface area contributed by atoms with Gasteiger partial charge in [-0.05, 0) is 48.6 Å². The fourth-order valence-electron chi connectivity index (χ4n) is 2.75. The van der Waals surface area contributed by atoms with Crippen molar-refractivity contribution in [3.8, 4) is 5.75 Å². The van der Waals surface area contributed by atoms with E-state index in [0.717, 1.165) is 24.2 Å². The number of hydrogen-bond donors (Lipinski definition) is 2. The molecule has 1 unspecified atom stereocenters. The lowest BCUT2D eigenvalue weighted by Gasteiger charge is -2.19. The lowest BCUT2D eigenvalue weighted by Crippen LogP contribution is -2.34. The molecule has 0 aromatic heterocycles. The van der Waals surface area contributed by atoms with Crippen molar-refractivity contribution in [2.45, 2.75) is 18.9 Å². The Balaban J connectivity index is 1.62. The van der Waals surface area contributed by atoms with Gasteiger partial charge in [-0.15, -0.1) is 0 Å². The van der Waals surface area contributed by atoms with Gasteiger partial charge < -0.3 is 15.4 Å². The van der Waals surface area contributed by atoms with E-state index < -0.39 is 5.82 Å².